The third-order valence-electron chi connectivity index (χ3n) is 5.46. The van der Waals surface area contributed by atoms with E-state index in [0.29, 0.717) is 22.5 Å². The van der Waals surface area contributed by atoms with Crippen LogP contribution in [0.2, 0.25) is 0 Å². The molecule has 4 N–H and O–H groups in total. The molecule has 0 unspecified atom stereocenters. The van der Waals surface area contributed by atoms with E-state index in [-0.39, 0.29) is 23.0 Å². The summed E-state index contributed by atoms with van der Waals surface area (Å²) in [7, 11) is 0. The number of phenols is 4. The summed E-state index contributed by atoms with van der Waals surface area (Å²) in [5, 5.41) is 40.2. The van der Waals surface area contributed by atoms with Crippen LogP contribution in [0.4, 0.5) is 0 Å². The Morgan fingerprint density at radius 1 is 0.552 bits per heavy atom. The molecule has 1 aliphatic carbocycles. The second-order valence-corrected chi connectivity index (χ2v) is 6.96. The molecule has 0 aliphatic heterocycles. The Labute approximate surface area is 166 Å². The molecule has 0 atom stereocenters. The van der Waals surface area contributed by atoms with E-state index < -0.39 is 5.41 Å². The van der Waals surface area contributed by atoms with E-state index in [4.69, 9.17) is 0 Å². The van der Waals surface area contributed by atoms with Gasteiger partial charge in [0.25, 0.3) is 0 Å². The number of aromatic nitrogens is 2. The average Bonchev–Trinajstić information content (AvgIpc) is 3.04. The molecule has 0 saturated heterocycles. The lowest BCUT2D eigenvalue weighted by Gasteiger charge is -2.33. The quantitative estimate of drug-likeness (QED) is 0.346. The van der Waals surface area contributed by atoms with Gasteiger partial charge < -0.3 is 20.4 Å². The van der Waals surface area contributed by atoms with Crippen LogP contribution in [0, 0.1) is 0 Å². The first kappa shape index (κ1) is 17.1. The Hall–Kier alpha value is -4.06. The van der Waals surface area contributed by atoms with Gasteiger partial charge in [-0.15, -0.1) is 0 Å². The van der Waals surface area contributed by atoms with Crippen LogP contribution in [-0.4, -0.2) is 30.4 Å². The SMILES string of the molecule is Oc1ccc(C2(c3ccc(O)c(O)c3)c3cccnc3-c3ncccc32)cc1O. The second kappa shape index (κ2) is 5.97. The summed E-state index contributed by atoms with van der Waals surface area (Å²) in [5.41, 5.74) is 3.42. The van der Waals surface area contributed by atoms with Crippen molar-refractivity contribution in [3.8, 4) is 34.4 Å². The fourth-order valence-electron chi connectivity index (χ4n) is 4.24. The maximum absolute atomic E-state index is 10.2. The highest BCUT2D eigenvalue weighted by atomic mass is 16.3. The lowest BCUT2D eigenvalue weighted by Crippen LogP contribution is -2.28. The van der Waals surface area contributed by atoms with Gasteiger partial charge in [-0.2, -0.15) is 0 Å². The van der Waals surface area contributed by atoms with E-state index >= 15 is 0 Å². The molecule has 0 spiro atoms. The number of benzene rings is 2. The molecule has 2 aromatic carbocycles. The van der Waals surface area contributed by atoms with Crippen LogP contribution in [0.1, 0.15) is 22.3 Å². The van der Waals surface area contributed by atoms with Crippen LogP contribution in [0.3, 0.4) is 0 Å². The van der Waals surface area contributed by atoms with Gasteiger partial charge in [0.15, 0.2) is 23.0 Å². The molecule has 0 radical (unpaired) electrons. The zero-order chi connectivity index (χ0) is 20.2. The number of phenolic OH excluding ortho intramolecular Hbond substituents is 4. The van der Waals surface area contributed by atoms with Gasteiger partial charge in [0.1, 0.15) is 0 Å². The zero-order valence-corrected chi connectivity index (χ0v) is 15.1. The van der Waals surface area contributed by atoms with Crippen molar-refractivity contribution >= 4 is 0 Å². The number of pyridine rings is 2. The van der Waals surface area contributed by atoms with Gasteiger partial charge in [-0.1, -0.05) is 24.3 Å². The summed E-state index contributed by atoms with van der Waals surface area (Å²) in [6, 6.07) is 16.8. The van der Waals surface area contributed by atoms with Crippen LogP contribution < -0.4 is 0 Å². The average molecular weight is 384 g/mol. The predicted molar refractivity (Wildman–Crippen MR) is 106 cm³/mol. The number of hydrogen-bond donors (Lipinski definition) is 4. The van der Waals surface area contributed by atoms with Crippen LogP contribution >= 0.6 is 0 Å². The van der Waals surface area contributed by atoms with Crippen molar-refractivity contribution in [2.24, 2.45) is 0 Å². The number of fused-ring (bicyclic) bond motifs is 3. The molecule has 5 rings (SSSR count). The molecule has 1 aliphatic rings. The lowest BCUT2D eigenvalue weighted by molar-refractivity contribution is 0.401. The van der Waals surface area contributed by atoms with Crippen molar-refractivity contribution in [3.05, 3.63) is 95.3 Å². The van der Waals surface area contributed by atoms with E-state index in [0.717, 1.165) is 11.1 Å². The van der Waals surface area contributed by atoms with E-state index in [1.165, 1.54) is 24.3 Å². The topological polar surface area (TPSA) is 107 Å². The van der Waals surface area contributed by atoms with Crippen molar-refractivity contribution < 1.29 is 20.4 Å². The molecule has 6 heteroatoms. The minimum absolute atomic E-state index is 0.228. The molecule has 2 heterocycles. The summed E-state index contributed by atoms with van der Waals surface area (Å²) in [6.45, 7) is 0. The minimum atomic E-state index is -0.955. The largest absolute Gasteiger partial charge is 0.504 e. The first-order valence-corrected chi connectivity index (χ1v) is 8.99. The van der Waals surface area contributed by atoms with Crippen LogP contribution in [-0.2, 0) is 5.41 Å². The molecule has 0 bridgehead atoms. The van der Waals surface area contributed by atoms with Crippen LogP contribution in [0.25, 0.3) is 11.4 Å². The fraction of sp³-hybridized carbons (Fsp3) is 0.0435. The standard InChI is InChI=1S/C23H16N2O4/c26-17-7-5-13(11-19(17)28)23(14-6-8-18(27)20(29)12-14)15-3-1-9-24-21(15)22-16(23)4-2-10-25-22/h1-12,26-29H. The smallest absolute Gasteiger partial charge is 0.157 e. The first-order valence-electron chi connectivity index (χ1n) is 8.99. The van der Waals surface area contributed by atoms with E-state index in [2.05, 4.69) is 9.97 Å². The summed E-state index contributed by atoms with van der Waals surface area (Å²) in [4.78, 5) is 9.08. The van der Waals surface area contributed by atoms with Crippen molar-refractivity contribution in [2.75, 3.05) is 0 Å². The monoisotopic (exact) mass is 384 g/mol. The number of hydrogen-bond acceptors (Lipinski definition) is 6. The van der Waals surface area contributed by atoms with E-state index in [9.17, 15) is 20.4 Å². The van der Waals surface area contributed by atoms with Gasteiger partial charge in [0, 0.05) is 12.4 Å². The van der Waals surface area contributed by atoms with Gasteiger partial charge >= 0.3 is 0 Å². The lowest BCUT2D eigenvalue weighted by atomic mass is 9.68. The van der Waals surface area contributed by atoms with Gasteiger partial charge in [-0.3, -0.25) is 9.97 Å². The Morgan fingerprint density at radius 3 is 1.41 bits per heavy atom. The zero-order valence-electron chi connectivity index (χ0n) is 15.1. The first-order chi connectivity index (χ1) is 14.0. The molecular weight excluding hydrogens is 368 g/mol. The second-order valence-electron chi connectivity index (χ2n) is 6.96. The van der Waals surface area contributed by atoms with Gasteiger partial charge in [-0.05, 0) is 58.7 Å². The number of rotatable bonds is 2. The Morgan fingerprint density at radius 2 is 1.00 bits per heavy atom. The fourth-order valence-corrected chi connectivity index (χ4v) is 4.24. The Bertz CT molecular complexity index is 1170. The summed E-state index contributed by atoms with van der Waals surface area (Å²) < 4.78 is 0. The minimum Gasteiger partial charge on any atom is -0.504 e. The Balaban J connectivity index is 1.97. The maximum Gasteiger partial charge on any atom is 0.157 e. The number of nitrogens with zero attached hydrogens (tertiary/aromatic N) is 2. The molecule has 0 saturated carbocycles. The van der Waals surface area contributed by atoms with Crippen LogP contribution in [0.5, 0.6) is 23.0 Å². The molecule has 0 amide bonds. The van der Waals surface area contributed by atoms with Crippen molar-refractivity contribution in [3.63, 3.8) is 0 Å². The third kappa shape index (κ3) is 2.23. The van der Waals surface area contributed by atoms with Crippen LogP contribution in [0.15, 0.2) is 73.1 Å². The van der Waals surface area contributed by atoms with Crippen molar-refractivity contribution in [2.45, 2.75) is 5.41 Å². The van der Waals surface area contributed by atoms with Crippen molar-refractivity contribution in [1.29, 1.82) is 0 Å². The number of aromatic hydroxyl groups is 4. The molecule has 142 valence electrons. The third-order valence-corrected chi connectivity index (χ3v) is 5.46. The summed E-state index contributed by atoms with van der Waals surface area (Å²) >= 11 is 0. The molecular formula is C23H16N2O4. The highest BCUT2D eigenvalue weighted by molar-refractivity contribution is 5.82. The summed E-state index contributed by atoms with van der Waals surface area (Å²) in [5.74, 6) is -0.971. The van der Waals surface area contributed by atoms with Gasteiger partial charge in [0.2, 0.25) is 0 Å². The molecule has 29 heavy (non-hydrogen) atoms. The normalized spacial score (nSPS) is 13.7. The van der Waals surface area contributed by atoms with Gasteiger partial charge in [0.05, 0.1) is 16.8 Å². The predicted octanol–water partition coefficient (Wildman–Crippen LogP) is 3.66. The molecule has 0 fully saturated rings. The van der Waals surface area contributed by atoms with Crippen molar-refractivity contribution in [1.82, 2.24) is 9.97 Å². The highest BCUT2D eigenvalue weighted by Gasteiger charge is 2.48. The maximum atomic E-state index is 10.2. The Kier molecular flexibility index (Phi) is 3.51. The molecule has 2 aromatic heterocycles. The highest BCUT2D eigenvalue weighted by Crippen LogP contribution is 2.56. The van der Waals surface area contributed by atoms with Gasteiger partial charge in [-0.25, -0.2) is 0 Å². The van der Waals surface area contributed by atoms with E-state index in [1.807, 2.05) is 24.3 Å². The molecule has 6 nitrogen and oxygen atoms in total. The summed E-state index contributed by atoms with van der Waals surface area (Å²) in [6.07, 6.45) is 3.38. The van der Waals surface area contributed by atoms with E-state index in [1.54, 1.807) is 24.5 Å². The molecule has 4 aromatic rings.